The first kappa shape index (κ1) is 27.7. The summed E-state index contributed by atoms with van der Waals surface area (Å²) in [5, 5.41) is -0.269. The molecule has 1 aromatic heterocycles. The molecule has 0 saturated heterocycles. The summed E-state index contributed by atoms with van der Waals surface area (Å²) < 4.78 is 21.3. The molecule has 0 aliphatic rings. The lowest BCUT2D eigenvalue weighted by atomic mass is 9.97. The summed E-state index contributed by atoms with van der Waals surface area (Å²) in [4.78, 5) is 2.29. The second-order valence-electron chi connectivity index (χ2n) is 10.4. The van der Waals surface area contributed by atoms with E-state index in [1.165, 1.54) is 60.9 Å². The molecular weight excluding hydrogens is 467 g/mol. The molecule has 3 rings (SSSR count). The van der Waals surface area contributed by atoms with E-state index in [0.717, 1.165) is 33.5 Å². The first-order valence-electron chi connectivity index (χ1n) is 13.5. The van der Waals surface area contributed by atoms with Crippen LogP contribution in [0.25, 0.3) is 20.9 Å². The molecule has 0 radical (unpaired) electrons. The van der Waals surface area contributed by atoms with E-state index in [9.17, 15) is 0 Å². The number of unbranched alkanes of at least 4 members (excludes halogenated alkanes) is 5. The third-order valence-corrected chi connectivity index (χ3v) is 9.55. The fourth-order valence-corrected chi connectivity index (χ4v) is 5.93. The fourth-order valence-electron chi connectivity index (χ4n) is 4.41. The zero-order valence-corrected chi connectivity index (χ0v) is 25.1. The summed E-state index contributed by atoms with van der Waals surface area (Å²) in [5.41, 5.74) is 3.54. The minimum absolute atomic E-state index is 0.269. The second-order valence-corrected chi connectivity index (χ2v) is 13.5. The number of ether oxygens (including phenoxy) is 1. The van der Waals surface area contributed by atoms with Gasteiger partial charge in [0.05, 0.1) is 15.5 Å². The number of rotatable bonds is 14. The smallest absolute Gasteiger partial charge is 0.165 e. The van der Waals surface area contributed by atoms with Crippen molar-refractivity contribution in [2.75, 3.05) is 0 Å². The Hall–Kier alpha value is -1.91. The van der Waals surface area contributed by atoms with Gasteiger partial charge in [-0.2, -0.15) is 0 Å². The van der Waals surface area contributed by atoms with E-state index < -0.39 is 0 Å². The largest absolute Gasteiger partial charge is 0.489 e. The molecule has 0 fully saturated rings. The number of thiophene rings is 1. The maximum absolute atomic E-state index is 15.1. The highest BCUT2D eigenvalue weighted by Crippen LogP contribution is 2.37. The van der Waals surface area contributed by atoms with Gasteiger partial charge in [0.2, 0.25) is 0 Å². The van der Waals surface area contributed by atoms with Crippen LogP contribution in [0.3, 0.4) is 0 Å². The van der Waals surface area contributed by atoms with Crippen molar-refractivity contribution in [3.8, 4) is 26.6 Å². The van der Waals surface area contributed by atoms with E-state index >= 15 is 4.39 Å². The van der Waals surface area contributed by atoms with Crippen molar-refractivity contribution in [2.24, 2.45) is 5.92 Å². The molecule has 0 aliphatic carbocycles. The molecule has 1 nitrogen and oxygen atoms in total. The molecule has 0 bridgehead atoms. The van der Waals surface area contributed by atoms with Crippen LogP contribution in [0.2, 0.25) is 0 Å². The SMILES string of the molecule is CCCCCCc1ccc(-c2ccc(-c3ccc(OC(C)([SiH3])C(C)CCCCC)c(F)c3)s2)cc1. The molecule has 0 aliphatic heterocycles. The van der Waals surface area contributed by atoms with Gasteiger partial charge >= 0.3 is 0 Å². The fraction of sp³-hybridized carbons (Fsp3) is 0.484. The Labute approximate surface area is 219 Å². The van der Waals surface area contributed by atoms with E-state index in [-0.39, 0.29) is 11.0 Å². The Morgan fingerprint density at radius 1 is 0.857 bits per heavy atom. The molecule has 0 amide bonds. The topological polar surface area (TPSA) is 9.23 Å². The molecule has 0 spiro atoms. The zero-order chi connectivity index (χ0) is 25.3. The van der Waals surface area contributed by atoms with Crippen LogP contribution in [0.5, 0.6) is 5.75 Å². The van der Waals surface area contributed by atoms with E-state index in [2.05, 4.69) is 64.1 Å². The standard InChI is InChI=1S/C31H43FOSSi/c1-5-7-9-11-13-24-14-16-25(17-15-24)29-20-21-30(34-29)26-18-19-28(27(32)22-26)33-31(4,35)23(3)12-10-8-6-2/h14-23H,5-13H2,1-4,35H3. The molecule has 2 unspecified atom stereocenters. The van der Waals surface area contributed by atoms with Crippen molar-refractivity contribution in [2.45, 2.75) is 90.7 Å². The monoisotopic (exact) mass is 510 g/mol. The van der Waals surface area contributed by atoms with Crippen LogP contribution in [-0.4, -0.2) is 15.5 Å². The summed E-state index contributed by atoms with van der Waals surface area (Å²) in [6.45, 7) is 8.84. The Balaban J connectivity index is 1.64. The van der Waals surface area contributed by atoms with Gasteiger partial charge in [-0.1, -0.05) is 83.6 Å². The average molecular weight is 511 g/mol. The third-order valence-electron chi connectivity index (χ3n) is 7.18. The summed E-state index contributed by atoms with van der Waals surface area (Å²) >= 11 is 1.71. The van der Waals surface area contributed by atoms with E-state index in [1.807, 2.05) is 12.1 Å². The maximum Gasteiger partial charge on any atom is 0.165 e. The molecule has 3 aromatic rings. The Morgan fingerprint density at radius 2 is 1.49 bits per heavy atom. The lowest BCUT2D eigenvalue weighted by molar-refractivity contribution is 0.104. The van der Waals surface area contributed by atoms with E-state index in [4.69, 9.17) is 4.74 Å². The highest BCUT2D eigenvalue weighted by molar-refractivity contribution is 7.18. The molecule has 0 saturated carbocycles. The van der Waals surface area contributed by atoms with Crippen LogP contribution in [0.1, 0.15) is 84.6 Å². The van der Waals surface area contributed by atoms with Gasteiger partial charge in [0.1, 0.15) is 0 Å². The lowest BCUT2D eigenvalue weighted by Gasteiger charge is -2.33. The molecule has 35 heavy (non-hydrogen) atoms. The maximum atomic E-state index is 15.1. The number of hydrogen-bond donors (Lipinski definition) is 0. The van der Waals surface area contributed by atoms with Crippen molar-refractivity contribution in [3.63, 3.8) is 0 Å². The lowest BCUT2D eigenvalue weighted by Crippen LogP contribution is -2.40. The highest BCUT2D eigenvalue weighted by Gasteiger charge is 2.28. The minimum Gasteiger partial charge on any atom is -0.489 e. The average Bonchev–Trinajstić information content (AvgIpc) is 3.34. The Morgan fingerprint density at radius 3 is 2.14 bits per heavy atom. The van der Waals surface area contributed by atoms with Crippen LogP contribution >= 0.6 is 11.3 Å². The molecule has 190 valence electrons. The molecule has 4 heteroatoms. The first-order valence-corrected chi connectivity index (χ1v) is 15.3. The number of hydrogen-bond acceptors (Lipinski definition) is 2. The van der Waals surface area contributed by atoms with Crippen LogP contribution in [0, 0.1) is 11.7 Å². The predicted molar refractivity (Wildman–Crippen MR) is 155 cm³/mol. The van der Waals surface area contributed by atoms with Gasteiger partial charge in [0.15, 0.2) is 11.6 Å². The van der Waals surface area contributed by atoms with Crippen molar-refractivity contribution >= 4 is 21.6 Å². The quantitative estimate of drug-likeness (QED) is 0.155. The summed E-state index contributed by atoms with van der Waals surface area (Å²) in [6, 6.07) is 18.6. The van der Waals surface area contributed by atoms with Gasteiger partial charge in [-0.25, -0.2) is 4.39 Å². The predicted octanol–water partition coefficient (Wildman–Crippen LogP) is 9.02. The number of benzene rings is 2. The van der Waals surface area contributed by atoms with Crippen LogP contribution in [0.15, 0.2) is 54.6 Å². The van der Waals surface area contributed by atoms with Gasteiger partial charge < -0.3 is 4.74 Å². The third kappa shape index (κ3) is 8.04. The summed E-state index contributed by atoms with van der Waals surface area (Å²) in [5.74, 6) is 0.523. The van der Waals surface area contributed by atoms with Gasteiger partial charge in [-0.15, -0.1) is 11.3 Å². The summed E-state index contributed by atoms with van der Waals surface area (Å²) in [6.07, 6.45) is 11.1. The van der Waals surface area contributed by atoms with Crippen LogP contribution in [-0.2, 0) is 6.42 Å². The Kier molecular flexibility index (Phi) is 10.6. The number of aryl methyl sites for hydroxylation is 1. The molecular formula is C31H43FOSSi. The van der Waals surface area contributed by atoms with Gasteiger partial charge in [-0.05, 0) is 79.1 Å². The van der Waals surface area contributed by atoms with Gasteiger partial charge in [-0.3, -0.25) is 0 Å². The van der Waals surface area contributed by atoms with Crippen molar-refractivity contribution < 1.29 is 9.13 Å². The van der Waals surface area contributed by atoms with E-state index in [1.54, 1.807) is 17.4 Å². The summed E-state index contributed by atoms with van der Waals surface area (Å²) in [7, 11) is 0.858. The van der Waals surface area contributed by atoms with Crippen molar-refractivity contribution in [1.82, 2.24) is 0 Å². The zero-order valence-electron chi connectivity index (χ0n) is 22.3. The normalized spacial score (nSPS) is 14.1. The first-order chi connectivity index (χ1) is 16.8. The molecule has 2 atom stereocenters. The van der Waals surface area contributed by atoms with Gasteiger partial charge in [0, 0.05) is 9.75 Å². The highest BCUT2D eigenvalue weighted by atomic mass is 32.1. The minimum atomic E-state index is -0.271. The van der Waals surface area contributed by atoms with E-state index in [0.29, 0.717) is 11.7 Å². The molecule has 1 heterocycles. The number of halogens is 1. The second kappa shape index (κ2) is 13.4. The van der Waals surface area contributed by atoms with Crippen molar-refractivity contribution in [1.29, 1.82) is 0 Å². The molecule has 0 N–H and O–H groups in total. The molecule has 2 aromatic carbocycles. The van der Waals surface area contributed by atoms with Crippen LogP contribution < -0.4 is 4.74 Å². The van der Waals surface area contributed by atoms with Crippen LogP contribution in [0.4, 0.5) is 4.39 Å². The Bertz CT molecular complexity index is 1040. The van der Waals surface area contributed by atoms with Gasteiger partial charge in [0.25, 0.3) is 0 Å². The van der Waals surface area contributed by atoms with Crippen molar-refractivity contribution in [3.05, 3.63) is 66.0 Å².